The van der Waals surface area contributed by atoms with Crippen LogP contribution in [0.3, 0.4) is 0 Å². The third kappa shape index (κ3) is 4.32. The maximum atomic E-state index is 5.99. The summed E-state index contributed by atoms with van der Waals surface area (Å²) in [4.78, 5) is 8.85. The van der Waals surface area contributed by atoms with Gasteiger partial charge in [-0.3, -0.25) is 4.98 Å². The topological polar surface area (TPSA) is 56.3 Å². The predicted octanol–water partition coefficient (Wildman–Crippen LogP) is 3.42. The van der Waals surface area contributed by atoms with Gasteiger partial charge in [0.1, 0.15) is 11.9 Å². The van der Waals surface area contributed by atoms with E-state index in [9.17, 15) is 0 Å². The third-order valence-electron chi connectivity index (χ3n) is 4.80. The summed E-state index contributed by atoms with van der Waals surface area (Å²) < 4.78 is 11.4. The second kappa shape index (κ2) is 7.77. The number of anilines is 1. The molecule has 1 saturated heterocycles. The Kier molecular flexibility index (Phi) is 5.48. The molecule has 5 heteroatoms. The van der Waals surface area contributed by atoms with Crippen LogP contribution < -0.4 is 10.1 Å². The highest BCUT2D eigenvalue weighted by molar-refractivity contribution is 5.34. The van der Waals surface area contributed by atoms with Crippen molar-refractivity contribution in [1.29, 1.82) is 0 Å². The number of hydrogen-bond acceptors (Lipinski definition) is 5. The Balaban J connectivity index is 1.55. The molecule has 2 heterocycles. The highest BCUT2D eigenvalue weighted by Crippen LogP contribution is 2.24. The van der Waals surface area contributed by atoms with Crippen LogP contribution in [-0.4, -0.2) is 35.3 Å². The minimum Gasteiger partial charge on any atom is -0.473 e. The van der Waals surface area contributed by atoms with Crippen LogP contribution in [0.15, 0.2) is 12.4 Å². The van der Waals surface area contributed by atoms with Crippen LogP contribution in [0.1, 0.15) is 51.9 Å². The zero-order valence-electron chi connectivity index (χ0n) is 13.5. The highest BCUT2D eigenvalue weighted by Gasteiger charge is 2.21. The average Bonchev–Trinajstić information content (AvgIpc) is 2.57. The molecule has 0 spiro atoms. The molecule has 0 radical (unpaired) electrons. The van der Waals surface area contributed by atoms with Crippen LogP contribution in [0.4, 0.5) is 5.82 Å². The lowest BCUT2D eigenvalue weighted by molar-refractivity contribution is 0.0622. The summed E-state index contributed by atoms with van der Waals surface area (Å²) in [6.45, 7) is 3.95. The fraction of sp³-hybridized carbons (Fsp3) is 0.765. The molecular weight excluding hydrogens is 278 g/mol. The van der Waals surface area contributed by atoms with E-state index in [-0.39, 0.29) is 0 Å². The number of hydrogen-bond donors (Lipinski definition) is 1. The molecule has 1 aliphatic heterocycles. The summed E-state index contributed by atoms with van der Waals surface area (Å²) in [5.74, 6) is 2.10. The number of nitrogens with one attached hydrogen (secondary N) is 1. The molecule has 1 unspecified atom stereocenters. The molecule has 1 aromatic rings. The first-order valence-corrected chi connectivity index (χ1v) is 8.64. The molecule has 1 aliphatic carbocycles. The molecule has 5 nitrogen and oxygen atoms in total. The van der Waals surface area contributed by atoms with Crippen LogP contribution in [0.25, 0.3) is 0 Å². The molecule has 0 aromatic carbocycles. The van der Waals surface area contributed by atoms with Crippen molar-refractivity contribution in [2.45, 2.75) is 64.0 Å². The Morgan fingerprint density at radius 3 is 2.68 bits per heavy atom. The quantitative estimate of drug-likeness (QED) is 0.903. The standard InChI is InChI=1S/C17H27N3O2/c1-13(14-7-9-21-10-8-14)19-16-11-18-12-17(20-16)22-15-5-3-2-4-6-15/h11-15H,2-10H2,1H3,(H,19,20). The lowest BCUT2D eigenvalue weighted by Crippen LogP contribution is -2.31. The minimum atomic E-state index is 0.311. The number of rotatable bonds is 5. The normalized spacial score (nSPS) is 22.2. The summed E-state index contributed by atoms with van der Waals surface area (Å²) in [5.41, 5.74) is 0. The van der Waals surface area contributed by atoms with Gasteiger partial charge in [0.15, 0.2) is 0 Å². The van der Waals surface area contributed by atoms with Crippen LogP contribution in [-0.2, 0) is 4.74 Å². The fourth-order valence-corrected chi connectivity index (χ4v) is 3.40. The fourth-order valence-electron chi connectivity index (χ4n) is 3.40. The zero-order chi connectivity index (χ0) is 15.2. The molecule has 0 amide bonds. The van der Waals surface area contributed by atoms with E-state index >= 15 is 0 Å². The van der Waals surface area contributed by atoms with Crippen molar-refractivity contribution in [3.8, 4) is 5.88 Å². The van der Waals surface area contributed by atoms with Crippen LogP contribution >= 0.6 is 0 Å². The zero-order valence-corrected chi connectivity index (χ0v) is 13.5. The van der Waals surface area contributed by atoms with Gasteiger partial charge in [-0.05, 0) is 51.4 Å². The van der Waals surface area contributed by atoms with Gasteiger partial charge in [0.2, 0.25) is 5.88 Å². The van der Waals surface area contributed by atoms with Gasteiger partial charge in [-0.15, -0.1) is 0 Å². The molecular formula is C17H27N3O2. The van der Waals surface area contributed by atoms with Crippen molar-refractivity contribution in [1.82, 2.24) is 9.97 Å². The van der Waals surface area contributed by atoms with Crippen molar-refractivity contribution in [3.63, 3.8) is 0 Å². The van der Waals surface area contributed by atoms with Gasteiger partial charge in [-0.25, -0.2) is 0 Å². The molecule has 2 fully saturated rings. The van der Waals surface area contributed by atoms with E-state index in [2.05, 4.69) is 22.2 Å². The van der Waals surface area contributed by atoms with Crippen molar-refractivity contribution in [2.24, 2.45) is 5.92 Å². The van der Waals surface area contributed by atoms with Gasteiger partial charge in [0, 0.05) is 19.3 Å². The molecule has 1 saturated carbocycles. The van der Waals surface area contributed by atoms with Gasteiger partial charge in [0.05, 0.1) is 12.4 Å². The predicted molar refractivity (Wildman–Crippen MR) is 86.2 cm³/mol. The Bertz CT molecular complexity index is 457. The van der Waals surface area contributed by atoms with Crippen molar-refractivity contribution in [3.05, 3.63) is 12.4 Å². The summed E-state index contributed by atoms with van der Waals surface area (Å²) in [6, 6.07) is 0.378. The Hall–Kier alpha value is -1.36. The smallest absolute Gasteiger partial charge is 0.234 e. The molecule has 2 aliphatic rings. The first-order chi connectivity index (χ1) is 10.8. The summed E-state index contributed by atoms with van der Waals surface area (Å²) in [7, 11) is 0. The van der Waals surface area contributed by atoms with Crippen molar-refractivity contribution in [2.75, 3.05) is 18.5 Å². The molecule has 0 bridgehead atoms. The first-order valence-electron chi connectivity index (χ1n) is 8.64. The van der Waals surface area contributed by atoms with Gasteiger partial charge in [-0.1, -0.05) is 6.42 Å². The number of aromatic nitrogens is 2. The SMILES string of the molecule is CC(Nc1cncc(OC2CCCCC2)n1)C1CCOCC1. The summed E-state index contributed by atoms with van der Waals surface area (Å²) in [5, 5.41) is 3.48. The van der Waals surface area contributed by atoms with Crippen LogP contribution in [0.2, 0.25) is 0 Å². The minimum absolute atomic E-state index is 0.311. The molecule has 1 N–H and O–H groups in total. The molecule has 122 valence electrons. The number of ether oxygens (including phenoxy) is 2. The van der Waals surface area contributed by atoms with Gasteiger partial charge >= 0.3 is 0 Å². The maximum absolute atomic E-state index is 5.99. The van der Waals surface area contributed by atoms with Gasteiger partial charge in [0.25, 0.3) is 0 Å². The largest absolute Gasteiger partial charge is 0.473 e. The number of nitrogens with zero attached hydrogens (tertiary/aromatic N) is 2. The molecule has 3 rings (SSSR count). The third-order valence-corrected chi connectivity index (χ3v) is 4.80. The molecule has 22 heavy (non-hydrogen) atoms. The molecule has 1 aromatic heterocycles. The van der Waals surface area contributed by atoms with E-state index in [0.29, 0.717) is 23.9 Å². The first kappa shape index (κ1) is 15.5. The second-order valence-corrected chi connectivity index (χ2v) is 6.50. The van der Waals surface area contributed by atoms with Crippen LogP contribution in [0, 0.1) is 5.92 Å². The van der Waals surface area contributed by atoms with E-state index in [1.165, 1.54) is 19.3 Å². The summed E-state index contributed by atoms with van der Waals surface area (Å²) >= 11 is 0. The summed E-state index contributed by atoms with van der Waals surface area (Å²) in [6.07, 6.45) is 12.2. The molecule has 1 atom stereocenters. The lowest BCUT2D eigenvalue weighted by atomic mass is 9.93. The van der Waals surface area contributed by atoms with E-state index in [1.54, 1.807) is 12.4 Å². The monoisotopic (exact) mass is 305 g/mol. The Morgan fingerprint density at radius 2 is 1.91 bits per heavy atom. The van der Waals surface area contributed by atoms with Crippen molar-refractivity contribution < 1.29 is 9.47 Å². The van der Waals surface area contributed by atoms with Crippen LogP contribution in [0.5, 0.6) is 5.88 Å². The second-order valence-electron chi connectivity index (χ2n) is 6.50. The maximum Gasteiger partial charge on any atom is 0.234 e. The highest BCUT2D eigenvalue weighted by atomic mass is 16.5. The van der Waals surface area contributed by atoms with Gasteiger partial charge < -0.3 is 14.8 Å². The Morgan fingerprint density at radius 1 is 1.14 bits per heavy atom. The van der Waals surface area contributed by atoms with Crippen molar-refractivity contribution >= 4 is 5.82 Å². The van der Waals surface area contributed by atoms with Gasteiger partial charge in [-0.2, -0.15) is 4.98 Å². The van der Waals surface area contributed by atoms with E-state index < -0.39 is 0 Å². The van der Waals surface area contributed by atoms with E-state index in [0.717, 1.165) is 44.7 Å². The van der Waals surface area contributed by atoms with E-state index in [4.69, 9.17) is 9.47 Å². The van der Waals surface area contributed by atoms with E-state index in [1.807, 2.05) is 0 Å². The Labute approximate surface area is 132 Å². The average molecular weight is 305 g/mol. The lowest BCUT2D eigenvalue weighted by Gasteiger charge is -2.28.